The number of piperidine rings is 1. The molecule has 2 heterocycles. The highest BCUT2D eigenvalue weighted by Crippen LogP contribution is 2.11. The van der Waals surface area contributed by atoms with E-state index in [-0.39, 0.29) is 36.6 Å². The van der Waals surface area contributed by atoms with E-state index in [1.54, 1.807) is 23.1 Å². The molecule has 1 aromatic heterocycles. The predicted octanol–water partition coefficient (Wildman–Crippen LogP) is 1.80. The molecule has 8 nitrogen and oxygen atoms in total. The first-order chi connectivity index (χ1) is 13.0. The number of fused-ring (bicyclic) bond motifs is 1. The first-order valence-electron chi connectivity index (χ1n) is 8.83. The molecule has 0 spiro atoms. The Labute approximate surface area is 161 Å². The van der Waals surface area contributed by atoms with Gasteiger partial charge in [0.25, 0.3) is 5.56 Å². The number of aromatic amines is 1. The van der Waals surface area contributed by atoms with Crippen LogP contribution in [0.25, 0.3) is 10.9 Å². The van der Waals surface area contributed by atoms with E-state index in [1.807, 2.05) is 6.07 Å². The minimum absolute atomic E-state index is 0.0151. The van der Waals surface area contributed by atoms with Crippen molar-refractivity contribution in [1.29, 1.82) is 0 Å². The summed E-state index contributed by atoms with van der Waals surface area (Å²) in [5.74, 6) is -0.138. The molecule has 0 atom stereocenters. The molecule has 0 radical (unpaired) electrons. The maximum atomic E-state index is 12.6. The fourth-order valence-electron chi connectivity index (χ4n) is 3.25. The number of para-hydroxylation sites is 1. The molecule has 1 fully saturated rings. The van der Waals surface area contributed by atoms with Crippen molar-refractivity contribution in [2.24, 2.45) is 0 Å². The predicted molar refractivity (Wildman–Crippen MR) is 103 cm³/mol. The van der Waals surface area contributed by atoms with Crippen LogP contribution < -0.4 is 10.9 Å². The normalized spacial score (nSPS) is 14.9. The summed E-state index contributed by atoms with van der Waals surface area (Å²) in [4.78, 5) is 41.0. The molecule has 1 aromatic carbocycles. The van der Waals surface area contributed by atoms with Gasteiger partial charge in [0.05, 0.1) is 18.0 Å². The van der Waals surface area contributed by atoms with Gasteiger partial charge in [0, 0.05) is 32.1 Å². The molecule has 1 aliphatic rings. The lowest BCUT2D eigenvalue weighted by Gasteiger charge is -2.31. The Kier molecular flexibility index (Phi) is 5.90. The van der Waals surface area contributed by atoms with Gasteiger partial charge >= 0.3 is 6.09 Å². The second kappa shape index (κ2) is 8.34. The van der Waals surface area contributed by atoms with Crippen LogP contribution >= 0.6 is 12.2 Å². The Morgan fingerprint density at radius 3 is 2.70 bits per heavy atom. The van der Waals surface area contributed by atoms with Gasteiger partial charge in [-0.05, 0) is 37.2 Å². The van der Waals surface area contributed by atoms with Gasteiger partial charge in [-0.2, -0.15) is 0 Å². The molecule has 3 rings (SSSR count). The van der Waals surface area contributed by atoms with Crippen molar-refractivity contribution < 1.29 is 14.3 Å². The first-order valence-corrected chi connectivity index (χ1v) is 9.24. The van der Waals surface area contributed by atoms with Gasteiger partial charge < -0.3 is 19.9 Å². The van der Waals surface area contributed by atoms with Gasteiger partial charge in [-0.3, -0.25) is 14.2 Å². The number of methoxy groups -OCH3 is 1. The molecule has 2 aromatic rings. The molecule has 144 valence electrons. The van der Waals surface area contributed by atoms with Crippen LogP contribution in [0.3, 0.4) is 0 Å². The fraction of sp³-hybridized carbons (Fsp3) is 0.444. The summed E-state index contributed by atoms with van der Waals surface area (Å²) in [5.41, 5.74) is 0.485. The minimum atomic E-state index is -0.343. The van der Waals surface area contributed by atoms with Crippen molar-refractivity contribution in [3.05, 3.63) is 39.4 Å². The minimum Gasteiger partial charge on any atom is -0.453 e. The quantitative estimate of drug-likeness (QED) is 0.776. The van der Waals surface area contributed by atoms with Crippen molar-refractivity contribution >= 4 is 35.1 Å². The second-order valence-corrected chi connectivity index (χ2v) is 6.87. The first kappa shape index (κ1) is 19.1. The summed E-state index contributed by atoms with van der Waals surface area (Å²) in [5, 5.41) is 3.51. The zero-order chi connectivity index (χ0) is 19.4. The molecule has 0 unspecified atom stereocenters. The van der Waals surface area contributed by atoms with Crippen LogP contribution in [0, 0.1) is 4.77 Å². The van der Waals surface area contributed by atoms with Crippen molar-refractivity contribution in [3.8, 4) is 0 Å². The summed E-state index contributed by atoms with van der Waals surface area (Å²) < 4.78 is 6.42. The topological polar surface area (TPSA) is 96.4 Å². The number of amides is 2. The Balaban J connectivity index is 1.57. The highest BCUT2D eigenvalue weighted by atomic mass is 32.1. The Bertz CT molecular complexity index is 960. The molecule has 2 N–H and O–H groups in total. The third-order valence-electron chi connectivity index (χ3n) is 4.74. The zero-order valence-electron chi connectivity index (χ0n) is 15.1. The van der Waals surface area contributed by atoms with Gasteiger partial charge in [0.15, 0.2) is 4.77 Å². The van der Waals surface area contributed by atoms with E-state index in [9.17, 15) is 14.4 Å². The Morgan fingerprint density at radius 2 is 2.00 bits per heavy atom. The van der Waals surface area contributed by atoms with Crippen LogP contribution in [0.4, 0.5) is 4.79 Å². The standard InChI is InChI=1S/C18H22N4O4S/c1-26-18(25)21-9-6-12(7-10-21)19-15(23)8-11-22-16(24)13-4-2-3-5-14(13)20-17(22)27/h2-5,12H,6-11H2,1H3,(H,19,23)(H,20,27). The van der Waals surface area contributed by atoms with Crippen molar-refractivity contribution in [3.63, 3.8) is 0 Å². The Morgan fingerprint density at radius 1 is 1.30 bits per heavy atom. The van der Waals surface area contributed by atoms with Gasteiger partial charge in [-0.25, -0.2) is 4.79 Å². The van der Waals surface area contributed by atoms with Gasteiger partial charge in [-0.15, -0.1) is 0 Å². The number of H-pyrrole nitrogens is 1. The summed E-state index contributed by atoms with van der Waals surface area (Å²) in [6.45, 7) is 1.31. The fourth-order valence-corrected chi connectivity index (χ4v) is 3.53. The highest BCUT2D eigenvalue weighted by molar-refractivity contribution is 7.71. The summed E-state index contributed by atoms with van der Waals surface area (Å²) >= 11 is 5.26. The maximum Gasteiger partial charge on any atom is 0.409 e. The van der Waals surface area contributed by atoms with E-state index in [1.165, 1.54) is 11.7 Å². The third-order valence-corrected chi connectivity index (χ3v) is 5.07. The Hall–Kier alpha value is -2.68. The SMILES string of the molecule is COC(=O)N1CCC(NC(=O)CCn2c(=S)[nH]c3ccccc3c2=O)CC1. The number of hydrogen-bond acceptors (Lipinski definition) is 5. The van der Waals surface area contributed by atoms with Crippen LogP contribution in [-0.4, -0.2) is 52.7 Å². The monoisotopic (exact) mass is 390 g/mol. The van der Waals surface area contributed by atoms with E-state index >= 15 is 0 Å². The van der Waals surface area contributed by atoms with Crippen molar-refractivity contribution in [1.82, 2.24) is 19.8 Å². The number of ether oxygens (including phenoxy) is 1. The molecule has 1 aliphatic heterocycles. The number of aromatic nitrogens is 2. The van der Waals surface area contributed by atoms with E-state index in [0.717, 1.165) is 0 Å². The van der Waals surface area contributed by atoms with Gasteiger partial charge in [-0.1, -0.05) is 12.1 Å². The number of nitrogens with zero attached hydrogens (tertiary/aromatic N) is 2. The number of carbonyl (C=O) groups is 2. The molecule has 27 heavy (non-hydrogen) atoms. The second-order valence-electron chi connectivity index (χ2n) is 6.48. The van der Waals surface area contributed by atoms with Gasteiger partial charge in [0.1, 0.15) is 0 Å². The lowest BCUT2D eigenvalue weighted by molar-refractivity contribution is -0.122. The van der Waals surface area contributed by atoms with Crippen molar-refractivity contribution in [2.75, 3.05) is 20.2 Å². The number of rotatable bonds is 4. The van der Waals surface area contributed by atoms with E-state index in [2.05, 4.69) is 10.3 Å². The number of likely N-dealkylation sites (tertiary alicyclic amines) is 1. The molecular weight excluding hydrogens is 368 g/mol. The summed E-state index contributed by atoms with van der Waals surface area (Å²) in [6.07, 6.45) is 1.17. The molecule has 2 amide bonds. The van der Waals surface area contributed by atoms with Crippen LogP contribution in [0.2, 0.25) is 0 Å². The maximum absolute atomic E-state index is 12.6. The summed E-state index contributed by atoms with van der Waals surface area (Å²) in [6, 6.07) is 7.16. The molecule has 0 bridgehead atoms. The number of benzene rings is 1. The largest absolute Gasteiger partial charge is 0.453 e. The smallest absolute Gasteiger partial charge is 0.409 e. The highest BCUT2D eigenvalue weighted by Gasteiger charge is 2.24. The summed E-state index contributed by atoms with van der Waals surface area (Å²) in [7, 11) is 1.36. The molecule has 0 saturated carbocycles. The van der Waals surface area contributed by atoms with Crippen LogP contribution in [0.15, 0.2) is 29.1 Å². The van der Waals surface area contributed by atoms with Gasteiger partial charge in [0.2, 0.25) is 5.91 Å². The van der Waals surface area contributed by atoms with E-state index in [4.69, 9.17) is 17.0 Å². The van der Waals surface area contributed by atoms with Crippen LogP contribution in [0.1, 0.15) is 19.3 Å². The average Bonchev–Trinajstić information content (AvgIpc) is 2.67. The lowest BCUT2D eigenvalue weighted by Crippen LogP contribution is -2.46. The number of nitrogens with one attached hydrogen (secondary N) is 2. The molecule has 0 aliphatic carbocycles. The zero-order valence-corrected chi connectivity index (χ0v) is 15.9. The molecular formula is C18H22N4O4S. The lowest BCUT2D eigenvalue weighted by atomic mass is 10.1. The van der Waals surface area contributed by atoms with E-state index < -0.39 is 0 Å². The van der Waals surface area contributed by atoms with Crippen LogP contribution in [0.5, 0.6) is 0 Å². The third kappa shape index (κ3) is 4.36. The molecule has 9 heteroatoms. The molecule has 1 saturated heterocycles. The van der Waals surface area contributed by atoms with Crippen LogP contribution in [-0.2, 0) is 16.1 Å². The average molecular weight is 390 g/mol. The number of carbonyl (C=O) groups excluding carboxylic acids is 2. The number of hydrogen-bond donors (Lipinski definition) is 2. The van der Waals surface area contributed by atoms with Crippen molar-refractivity contribution in [2.45, 2.75) is 31.8 Å². The van der Waals surface area contributed by atoms with E-state index in [0.29, 0.717) is 41.6 Å².